The monoisotopic (exact) mass is 309 g/mol. The van der Waals surface area contributed by atoms with Gasteiger partial charge in [-0.2, -0.15) is 0 Å². The Kier molecular flexibility index (Phi) is 5.69. The third-order valence-corrected chi connectivity index (χ3v) is 2.86. The van der Waals surface area contributed by atoms with Gasteiger partial charge in [-0.15, -0.1) is 0 Å². The Bertz CT molecular complexity index is 516. The predicted octanol–water partition coefficient (Wildman–Crippen LogP) is 4.57. The Hall–Kier alpha value is -1.66. The Morgan fingerprint density at radius 2 is 1.19 bits per heavy atom. The highest BCUT2D eigenvalue weighted by atomic mass is 19.2. The number of halogens is 5. The van der Waals surface area contributed by atoms with E-state index in [-0.39, 0.29) is 11.8 Å². The van der Waals surface area contributed by atoms with Crippen LogP contribution in [0.4, 0.5) is 22.0 Å². The molecule has 118 valence electrons. The Morgan fingerprint density at radius 1 is 0.810 bits per heavy atom. The molecule has 2 nitrogen and oxygen atoms in total. The van der Waals surface area contributed by atoms with Gasteiger partial charge in [-0.1, -0.05) is 32.9 Å². The molecule has 7 heteroatoms. The number of benzene rings is 1. The summed E-state index contributed by atoms with van der Waals surface area (Å²) >= 11 is 0. The van der Waals surface area contributed by atoms with Crippen molar-refractivity contribution in [1.82, 2.24) is 0 Å². The van der Waals surface area contributed by atoms with E-state index in [1.807, 2.05) is 27.7 Å². The van der Waals surface area contributed by atoms with Gasteiger partial charge in [0.05, 0.1) is 11.3 Å². The van der Waals surface area contributed by atoms with Crippen molar-refractivity contribution in [3.8, 4) is 0 Å². The van der Waals surface area contributed by atoms with Crippen LogP contribution in [-0.4, -0.2) is 5.71 Å². The van der Waals surface area contributed by atoms with Gasteiger partial charge in [-0.3, -0.25) is 0 Å². The van der Waals surface area contributed by atoms with Crippen molar-refractivity contribution in [2.45, 2.75) is 34.3 Å². The third kappa shape index (κ3) is 3.71. The number of nitrogens with zero attached hydrogens (tertiary/aromatic N) is 1. The van der Waals surface area contributed by atoms with E-state index in [0.29, 0.717) is 5.71 Å². The highest BCUT2D eigenvalue weighted by Gasteiger charge is 2.26. The fourth-order valence-electron chi connectivity index (χ4n) is 1.83. The molecule has 0 N–H and O–H groups in total. The molecule has 0 aromatic heterocycles. The van der Waals surface area contributed by atoms with Crippen molar-refractivity contribution in [2.24, 2.45) is 17.0 Å². The van der Waals surface area contributed by atoms with Gasteiger partial charge in [0, 0.05) is 0 Å². The summed E-state index contributed by atoms with van der Waals surface area (Å²) in [7, 11) is 0. The molecule has 0 heterocycles. The number of oxime groups is 1. The first-order valence-corrected chi connectivity index (χ1v) is 6.38. The fraction of sp³-hybridized carbons (Fsp3) is 0.500. The molecule has 1 aromatic rings. The average Bonchev–Trinajstić information content (AvgIpc) is 2.41. The second-order valence-corrected chi connectivity index (χ2v) is 5.15. The lowest BCUT2D eigenvalue weighted by Crippen LogP contribution is -2.16. The number of rotatable bonds is 5. The Balaban J connectivity index is 3.03. The third-order valence-electron chi connectivity index (χ3n) is 2.86. The van der Waals surface area contributed by atoms with Gasteiger partial charge in [-0.05, 0) is 11.8 Å². The zero-order valence-corrected chi connectivity index (χ0v) is 12.1. The minimum Gasteiger partial charge on any atom is -0.391 e. The van der Waals surface area contributed by atoms with Crippen LogP contribution in [0, 0.1) is 40.9 Å². The zero-order valence-electron chi connectivity index (χ0n) is 12.1. The minimum absolute atomic E-state index is 0.0291. The molecule has 1 rings (SSSR count). The van der Waals surface area contributed by atoms with Crippen molar-refractivity contribution in [3.63, 3.8) is 0 Å². The lowest BCUT2D eigenvalue weighted by molar-refractivity contribution is 0.120. The van der Waals surface area contributed by atoms with Crippen molar-refractivity contribution >= 4 is 5.71 Å². The highest BCUT2D eigenvalue weighted by Crippen LogP contribution is 2.23. The maximum absolute atomic E-state index is 13.4. The van der Waals surface area contributed by atoms with Crippen LogP contribution in [0.1, 0.15) is 33.3 Å². The number of hydrogen-bond acceptors (Lipinski definition) is 2. The van der Waals surface area contributed by atoms with Gasteiger partial charge in [0.1, 0.15) is 6.61 Å². The molecule has 0 bridgehead atoms. The van der Waals surface area contributed by atoms with Crippen LogP contribution in [0.3, 0.4) is 0 Å². The largest absolute Gasteiger partial charge is 0.391 e. The molecule has 0 aliphatic rings. The van der Waals surface area contributed by atoms with Crippen LogP contribution in [0.25, 0.3) is 0 Å². The first-order valence-electron chi connectivity index (χ1n) is 6.38. The van der Waals surface area contributed by atoms with E-state index in [4.69, 9.17) is 4.84 Å². The molecular weight excluding hydrogens is 293 g/mol. The Labute approximate surface area is 119 Å². The van der Waals surface area contributed by atoms with E-state index < -0.39 is 41.3 Å². The van der Waals surface area contributed by atoms with Gasteiger partial charge < -0.3 is 4.84 Å². The summed E-state index contributed by atoms with van der Waals surface area (Å²) in [6.07, 6.45) is 0. The summed E-state index contributed by atoms with van der Waals surface area (Å²) in [4.78, 5) is 4.77. The first-order chi connectivity index (χ1) is 9.68. The van der Waals surface area contributed by atoms with Crippen LogP contribution in [0.2, 0.25) is 0 Å². The lowest BCUT2D eigenvalue weighted by atomic mass is 9.98. The van der Waals surface area contributed by atoms with Crippen LogP contribution >= 0.6 is 0 Å². The predicted molar refractivity (Wildman–Crippen MR) is 68.1 cm³/mol. The summed E-state index contributed by atoms with van der Waals surface area (Å²) in [6.45, 7) is 6.55. The van der Waals surface area contributed by atoms with E-state index >= 15 is 0 Å². The van der Waals surface area contributed by atoms with Gasteiger partial charge in [-0.25, -0.2) is 22.0 Å². The van der Waals surface area contributed by atoms with E-state index in [9.17, 15) is 22.0 Å². The van der Waals surface area contributed by atoms with Crippen LogP contribution in [0.15, 0.2) is 5.16 Å². The quantitative estimate of drug-likeness (QED) is 0.257. The molecule has 0 radical (unpaired) electrons. The summed E-state index contributed by atoms with van der Waals surface area (Å²) in [5.74, 6) is -9.94. The normalized spacial score (nSPS) is 11.2. The fourth-order valence-corrected chi connectivity index (χ4v) is 1.83. The van der Waals surface area contributed by atoms with Crippen LogP contribution < -0.4 is 0 Å². The van der Waals surface area contributed by atoms with E-state index in [1.54, 1.807) is 0 Å². The smallest absolute Gasteiger partial charge is 0.200 e. The molecule has 0 aliphatic carbocycles. The maximum atomic E-state index is 13.4. The average molecular weight is 309 g/mol. The summed E-state index contributed by atoms with van der Waals surface area (Å²) in [5, 5.41) is 3.73. The van der Waals surface area contributed by atoms with Crippen LogP contribution in [0.5, 0.6) is 0 Å². The van der Waals surface area contributed by atoms with Gasteiger partial charge >= 0.3 is 0 Å². The zero-order chi connectivity index (χ0) is 16.3. The van der Waals surface area contributed by atoms with Crippen LogP contribution in [-0.2, 0) is 11.4 Å². The highest BCUT2D eigenvalue weighted by molar-refractivity contribution is 5.87. The minimum atomic E-state index is -2.19. The van der Waals surface area contributed by atoms with Gasteiger partial charge in [0.15, 0.2) is 23.3 Å². The summed E-state index contributed by atoms with van der Waals surface area (Å²) in [5.41, 5.74) is -0.416. The standard InChI is InChI=1S/C14H16F5NO/c1-6(2)14(7(3)4)20-21-5-8-9(15)11(17)13(19)12(18)10(8)16/h6-7H,5H2,1-4H3. The van der Waals surface area contributed by atoms with Gasteiger partial charge in [0.25, 0.3) is 0 Å². The van der Waals surface area contributed by atoms with E-state index in [0.717, 1.165) is 0 Å². The molecule has 0 amide bonds. The van der Waals surface area contributed by atoms with Crippen molar-refractivity contribution in [3.05, 3.63) is 34.6 Å². The molecule has 0 spiro atoms. The molecule has 0 atom stereocenters. The van der Waals surface area contributed by atoms with Crippen molar-refractivity contribution < 1.29 is 26.8 Å². The molecule has 0 aliphatic heterocycles. The van der Waals surface area contributed by atoms with Crippen molar-refractivity contribution in [2.75, 3.05) is 0 Å². The van der Waals surface area contributed by atoms with E-state index in [2.05, 4.69) is 5.16 Å². The molecule has 21 heavy (non-hydrogen) atoms. The molecule has 0 saturated heterocycles. The summed E-state index contributed by atoms with van der Waals surface area (Å²) < 4.78 is 65.6. The van der Waals surface area contributed by atoms with Gasteiger partial charge in [0.2, 0.25) is 5.82 Å². The number of hydrogen-bond donors (Lipinski definition) is 0. The Morgan fingerprint density at radius 3 is 1.57 bits per heavy atom. The molecule has 1 aromatic carbocycles. The molecule has 0 saturated carbocycles. The molecule has 0 fully saturated rings. The van der Waals surface area contributed by atoms with E-state index in [1.165, 1.54) is 0 Å². The molecule has 0 unspecified atom stereocenters. The second kappa shape index (κ2) is 6.87. The SMILES string of the molecule is CC(C)C(=NOCc1c(F)c(F)c(F)c(F)c1F)C(C)C. The topological polar surface area (TPSA) is 21.6 Å². The lowest BCUT2D eigenvalue weighted by Gasteiger charge is -2.13. The maximum Gasteiger partial charge on any atom is 0.200 e. The summed E-state index contributed by atoms with van der Waals surface area (Å²) in [6, 6.07) is 0. The first kappa shape index (κ1) is 17.4. The second-order valence-electron chi connectivity index (χ2n) is 5.15. The van der Waals surface area contributed by atoms with Crippen molar-refractivity contribution in [1.29, 1.82) is 0 Å². The molecular formula is C14H16F5NO.